The second-order valence-corrected chi connectivity index (χ2v) is 8.38. The van der Waals surface area contributed by atoms with Gasteiger partial charge in [0.1, 0.15) is 0 Å². The van der Waals surface area contributed by atoms with E-state index in [1.54, 1.807) is 0 Å². The lowest BCUT2D eigenvalue weighted by atomic mass is 9.89. The normalized spacial score (nSPS) is 14.9. The summed E-state index contributed by atoms with van der Waals surface area (Å²) in [7, 11) is 0. The first-order valence-corrected chi connectivity index (χ1v) is 11.0. The van der Waals surface area contributed by atoms with Crippen molar-refractivity contribution in [2.24, 2.45) is 4.99 Å². The summed E-state index contributed by atoms with van der Waals surface area (Å²) in [6, 6.07) is 21.5. The number of fused-ring (bicyclic) bond motifs is 5. The summed E-state index contributed by atoms with van der Waals surface area (Å²) >= 11 is 6.40. The molecule has 0 atom stereocenters. The third-order valence-electron chi connectivity index (χ3n) is 6.11. The molecule has 0 amide bonds. The zero-order valence-corrected chi connectivity index (χ0v) is 18.9. The van der Waals surface area contributed by atoms with Gasteiger partial charge in [0.2, 0.25) is 0 Å². The molecule has 3 aromatic carbocycles. The van der Waals surface area contributed by atoms with E-state index in [0.29, 0.717) is 0 Å². The largest absolute Gasteiger partial charge is 0.288 e. The number of rotatable bonds is 0. The van der Waals surface area contributed by atoms with Crippen LogP contribution in [0.5, 0.6) is 0 Å². The van der Waals surface area contributed by atoms with Crippen molar-refractivity contribution >= 4 is 47.4 Å². The minimum Gasteiger partial charge on any atom is -0.288 e. The third kappa shape index (κ3) is 4.39. The van der Waals surface area contributed by atoms with E-state index in [0.717, 1.165) is 24.4 Å². The summed E-state index contributed by atoms with van der Waals surface area (Å²) < 4.78 is 0. The molecule has 0 fully saturated rings. The number of hydrogen-bond acceptors (Lipinski definition) is 1. The molecular formula is C28H25Cl2N. The minimum atomic E-state index is 0. The van der Waals surface area contributed by atoms with Gasteiger partial charge >= 0.3 is 0 Å². The molecule has 6 rings (SSSR count). The number of allylic oxidation sites excluding steroid dienone is 1. The summed E-state index contributed by atoms with van der Waals surface area (Å²) in [5.74, 6) is 0. The molecule has 0 bridgehead atoms. The van der Waals surface area contributed by atoms with Crippen LogP contribution in [-0.2, 0) is 19.4 Å². The van der Waals surface area contributed by atoms with Gasteiger partial charge in [0.25, 0.3) is 0 Å². The fourth-order valence-corrected chi connectivity index (χ4v) is 4.92. The minimum absolute atomic E-state index is 0. The van der Waals surface area contributed by atoms with Gasteiger partial charge < -0.3 is 0 Å². The van der Waals surface area contributed by atoms with Gasteiger partial charge in [-0.15, -0.1) is 12.4 Å². The molecular weight excluding hydrogens is 421 g/mol. The van der Waals surface area contributed by atoms with Gasteiger partial charge in [-0.3, -0.25) is 4.99 Å². The average Bonchev–Trinajstić information content (AvgIpc) is 3.05. The van der Waals surface area contributed by atoms with Crippen LogP contribution in [0.1, 0.15) is 35.1 Å². The first-order valence-electron chi connectivity index (χ1n) is 10.6. The summed E-state index contributed by atoms with van der Waals surface area (Å²) in [6.07, 6.45) is 12.7. The molecule has 1 aliphatic heterocycles. The van der Waals surface area contributed by atoms with Crippen LogP contribution < -0.4 is 10.4 Å². The summed E-state index contributed by atoms with van der Waals surface area (Å²) in [6.45, 7) is 0.809. The summed E-state index contributed by atoms with van der Waals surface area (Å²) in [4.78, 5) is 4.20. The molecule has 3 aromatic rings. The maximum atomic E-state index is 6.40. The first-order chi connectivity index (χ1) is 14.8. The molecule has 0 N–H and O–H groups in total. The zero-order chi connectivity index (χ0) is 20.3. The highest BCUT2D eigenvalue weighted by molar-refractivity contribution is 6.45. The first kappa shape index (κ1) is 21.6. The van der Waals surface area contributed by atoms with Crippen LogP contribution >= 0.6 is 24.0 Å². The number of halogens is 2. The Morgan fingerprint density at radius 3 is 2.52 bits per heavy atom. The molecule has 0 spiro atoms. The predicted octanol–water partition coefficient (Wildman–Crippen LogP) is 5.70. The standard InChI is InChI=1S/C18H15Cl.C10H9N.ClH/c19-18-7-3-6-14-16-9-8-12-4-1-2-5-13(12)15(16)10-11-17(14)18;1-2-5-10-8-11-7-3-6-9(10)4-1;/h1-2,4-5,8,10-11H,3,6-7,9H2;1-7H,8H2;1H. The van der Waals surface area contributed by atoms with Gasteiger partial charge in [0.15, 0.2) is 0 Å². The molecule has 0 aromatic heterocycles. The van der Waals surface area contributed by atoms with Gasteiger partial charge in [0, 0.05) is 11.2 Å². The quantitative estimate of drug-likeness (QED) is 0.420. The van der Waals surface area contributed by atoms with Gasteiger partial charge in [-0.05, 0) is 74.9 Å². The number of benzene rings is 3. The average molecular weight is 446 g/mol. The monoisotopic (exact) mass is 445 g/mol. The van der Waals surface area contributed by atoms with Crippen molar-refractivity contribution < 1.29 is 0 Å². The molecule has 2 aliphatic carbocycles. The second kappa shape index (κ2) is 9.68. The second-order valence-electron chi connectivity index (χ2n) is 7.92. The highest BCUT2D eigenvalue weighted by atomic mass is 35.5. The van der Waals surface area contributed by atoms with Crippen LogP contribution in [0, 0.1) is 10.4 Å². The number of hydrogen-bond donors (Lipinski definition) is 0. The smallest absolute Gasteiger partial charge is 0.0645 e. The Balaban J connectivity index is 0.000000165. The molecule has 1 nitrogen and oxygen atoms in total. The molecule has 3 aliphatic rings. The maximum absolute atomic E-state index is 6.40. The Morgan fingerprint density at radius 2 is 1.58 bits per heavy atom. The van der Waals surface area contributed by atoms with E-state index in [1.807, 2.05) is 18.4 Å². The number of nitrogens with zero attached hydrogens (tertiary/aromatic N) is 1. The van der Waals surface area contributed by atoms with E-state index >= 15 is 0 Å². The van der Waals surface area contributed by atoms with E-state index in [4.69, 9.17) is 11.6 Å². The van der Waals surface area contributed by atoms with Gasteiger partial charge in [-0.1, -0.05) is 84.4 Å². The molecule has 0 saturated carbocycles. The Bertz CT molecular complexity index is 1380. The molecule has 0 saturated heterocycles. The molecule has 0 radical (unpaired) electrons. The molecule has 31 heavy (non-hydrogen) atoms. The van der Waals surface area contributed by atoms with E-state index in [2.05, 4.69) is 71.7 Å². The van der Waals surface area contributed by atoms with Crippen molar-refractivity contribution in [2.45, 2.75) is 32.2 Å². The highest BCUT2D eigenvalue weighted by Gasteiger charge is 2.14. The fourth-order valence-electron chi connectivity index (χ4n) is 4.60. The molecule has 0 unspecified atom stereocenters. The van der Waals surface area contributed by atoms with Crippen molar-refractivity contribution in [1.82, 2.24) is 0 Å². The fraction of sp³-hybridized carbons (Fsp3) is 0.179. The Hall–Kier alpha value is -2.61. The Kier molecular flexibility index (Phi) is 6.75. The Morgan fingerprint density at radius 1 is 0.774 bits per heavy atom. The number of aliphatic imine (C=N–C) groups is 1. The van der Waals surface area contributed by atoms with Crippen molar-refractivity contribution in [2.75, 3.05) is 0 Å². The lowest BCUT2D eigenvalue weighted by molar-refractivity contribution is 0.819. The molecule has 1 heterocycles. The predicted molar refractivity (Wildman–Crippen MR) is 135 cm³/mol. The lowest BCUT2D eigenvalue weighted by Crippen LogP contribution is -2.21. The van der Waals surface area contributed by atoms with E-state index in [-0.39, 0.29) is 12.4 Å². The van der Waals surface area contributed by atoms with Crippen LogP contribution in [0.4, 0.5) is 0 Å². The van der Waals surface area contributed by atoms with Crippen molar-refractivity contribution in [3.63, 3.8) is 0 Å². The Labute approximate surface area is 194 Å². The highest BCUT2D eigenvalue weighted by Crippen LogP contribution is 2.22. The van der Waals surface area contributed by atoms with E-state index in [1.165, 1.54) is 56.0 Å². The van der Waals surface area contributed by atoms with Gasteiger partial charge in [-0.25, -0.2) is 0 Å². The summed E-state index contributed by atoms with van der Waals surface area (Å²) in [5, 5.41) is 6.47. The lowest BCUT2D eigenvalue weighted by Gasteiger charge is -2.17. The maximum Gasteiger partial charge on any atom is 0.0645 e. The van der Waals surface area contributed by atoms with E-state index in [9.17, 15) is 0 Å². The summed E-state index contributed by atoms with van der Waals surface area (Å²) in [5.41, 5.74) is 5.57. The third-order valence-corrected chi connectivity index (χ3v) is 6.50. The van der Waals surface area contributed by atoms with Crippen molar-refractivity contribution in [3.05, 3.63) is 110 Å². The van der Waals surface area contributed by atoms with Crippen LogP contribution in [-0.4, -0.2) is 6.21 Å². The van der Waals surface area contributed by atoms with Crippen molar-refractivity contribution in [1.29, 1.82) is 0 Å². The molecule has 156 valence electrons. The van der Waals surface area contributed by atoms with Crippen LogP contribution in [0.3, 0.4) is 0 Å². The topological polar surface area (TPSA) is 12.4 Å². The van der Waals surface area contributed by atoms with Crippen LogP contribution in [0.25, 0.3) is 17.2 Å². The SMILES string of the molecule is C1=Cc2ccccc2CN=C1.Cl.ClC1=c2ccc3c(c2CCC1)CC=c1ccccc1=3. The van der Waals surface area contributed by atoms with Crippen molar-refractivity contribution in [3.8, 4) is 0 Å². The zero-order valence-electron chi connectivity index (χ0n) is 17.4. The van der Waals surface area contributed by atoms with Gasteiger partial charge in [0.05, 0.1) is 6.54 Å². The van der Waals surface area contributed by atoms with Crippen LogP contribution in [0.2, 0.25) is 0 Å². The van der Waals surface area contributed by atoms with Crippen LogP contribution in [0.15, 0.2) is 71.7 Å². The van der Waals surface area contributed by atoms with Gasteiger partial charge in [-0.2, -0.15) is 0 Å². The van der Waals surface area contributed by atoms with E-state index < -0.39 is 0 Å². The molecule has 3 heteroatoms.